The zero-order valence-electron chi connectivity index (χ0n) is 17.9. The van der Waals surface area contributed by atoms with E-state index in [0.29, 0.717) is 28.8 Å². The van der Waals surface area contributed by atoms with Gasteiger partial charge in [0.25, 0.3) is 0 Å². The fourth-order valence-corrected chi connectivity index (χ4v) is 4.57. The van der Waals surface area contributed by atoms with Crippen LogP contribution in [0.15, 0.2) is 71.9 Å². The highest BCUT2D eigenvalue weighted by Gasteiger charge is 2.21. The zero-order valence-corrected chi connectivity index (χ0v) is 19.5. The average molecular weight is 468 g/mol. The number of benzene rings is 3. The van der Waals surface area contributed by atoms with E-state index in [2.05, 4.69) is 10.2 Å². The van der Waals surface area contributed by atoms with E-state index in [1.54, 1.807) is 33.1 Å². The minimum Gasteiger partial charge on any atom is -0.493 e. The SMILES string of the molecule is COc1cc(-c2nnc(SCc3ccccc3Cl)n2-c2ccccc2)cc(OC)c1OC. The molecule has 0 saturated heterocycles. The van der Waals surface area contributed by atoms with E-state index in [4.69, 9.17) is 25.8 Å². The van der Waals surface area contributed by atoms with Crippen LogP contribution in [0.2, 0.25) is 5.02 Å². The summed E-state index contributed by atoms with van der Waals surface area (Å²) in [5, 5.41) is 10.5. The summed E-state index contributed by atoms with van der Waals surface area (Å²) < 4.78 is 18.5. The van der Waals surface area contributed by atoms with Crippen molar-refractivity contribution in [2.45, 2.75) is 10.9 Å². The Balaban J connectivity index is 1.81. The van der Waals surface area contributed by atoms with E-state index in [1.165, 1.54) is 0 Å². The van der Waals surface area contributed by atoms with Gasteiger partial charge in [0.1, 0.15) is 0 Å². The van der Waals surface area contributed by atoms with Crippen molar-refractivity contribution in [2.75, 3.05) is 21.3 Å². The van der Waals surface area contributed by atoms with Gasteiger partial charge in [0, 0.05) is 22.0 Å². The Hall–Kier alpha value is -3.16. The van der Waals surface area contributed by atoms with Crippen LogP contribution in [-0.2, 0) is 5.75 Å². The fourth-order valence-electron chi connectivity index (χ4n) is 3.33. The first-order valence-electron chi connectivity index (χ1n) is 9.83. The van der Waals surface area contributed by atoms with Crippen LogP contribution in [0.3, 0.4) is 0 Å². The minimum absolute atomic E-state index is 0.526. The fraction of sp³-hybridized carbons (Fsp3) is 0.167. The normalized spacial score (nSPS) is 10.8. The van der Waals surface area contributed by atoms with Crippen molar-refractivity contribution in [3.8, 4) is 34.3 Å². The van der Waals surface area contributed by atoms with Gasteiger partial charge in [-0.1, -0.05) is 59.8 Å². The van der Waals surface area contributed by atoms with Gasteiger partial charge in [0.05, 0.1) is 21.3 Å². The Kier molecular flexibility index (Phi) is 6.87. The lowest BCUT2D eigenvalue weighted by Gasteiger charge is -2.15. The summed E-state index contributed by atoms with van der Waals surface area (Å²) in [5.74, 6) is 2.96. The quantitative estimate of drug-likeness (QED) is 0.300. The number of aromatic nitrogens is 3. The number of para-hydroxylation sites is 1. The Bertz CT molecular complexity index is 1190. The molecule has 0 aliphatic rings. The van der Waals surface area contributed by atoms with Crippen LogP contribution in [0, 0.1) is 0 Å². The van der Waals surface area contributed by atoms with E-state index in [0.717, 1.165) is 27.0 Å². The molecule has 0 radical (unpaired) electrons. The molecular weight excluding hydrogens is 446 g/mol. The van der Waals surface area contributed by atoms with Gasteiger partial charge in [-0.15, -0.1) is 10.2 Å². The van der Waals surface area contributed by atoms with E-state index in [1.807, 2.05) is 71.3 Å². The molecule has 164 valence electrons. The van der Waals surface area contributed by atoms with Gasteiger partial charge in [0.2, 0.25) is 5.75 Å². The van der Waals surface area contributed by atoms with Crippen molar-refractivity contribution < 1.29 is 14.2 Å². The third-order valence-electron chi connectivity index (χ3n) is 4.89. The van der Waals surface area contributed by atoms with Gasteiger partial charge < -0.3 is 14.2 Å². The lowest BCUT2D eigenvalue weighted by Crippen LogP contribution is -2.01. The van der Waals surface area contributed by atoms with Crippen LogP contribution in [0.4, 0.5) is 0 Å². The molecule has 0 spiro atoms. The highest BCUT2D eigenvalue weighted by Crippen LogP contribution is 2.42. The first-order valence-corrected chi connectivity index (χ1v) is 11.2. The maximum atomic E-state index is 6.35. The van der Waals surface area contributed by atoms with E-state index >= 15 is 0 Å². The maximum Gasteiger partial charge on any atom is 0.203 e. The number of nitrogens with zero attached hydrogens (tertiary/aromatic N) is 3. The molecule has 6 nitrogen and oxygen atoms in total. The summed E-state index contributed by atoms with van der Waals surface area (Å²) in [5.41, 5.74) is 2.78. The summed E-state index contributed by atoms with van der Waals surface area (Å²) in [6, 6.07) is 21.5. The van der Waals surface area contributed by atoms with Gasteiger partial charge in [-0.2, -0.15) is 0 Å². The van der Waals surface area contributed by atoms with Crippen LogP contribution >= 0.6 is 23.4 Å². The molecule has 4 rings (SSSR count). The van der Waals surface area contributed by atoms with Gasteiger partial charge in [-0.3, -0.25) is 4.57 Å². The number of halogens is 1. The smallest absolute Gasteiger partial charge is 0.203 e. The standard InChI is InChI=1S/C24H22ClN3O3S/c1-29-20-13-17(14-21(30-2)22(20)31-3)23-26-27-24(28(23)18-10-5-4-6-11-18)32-15-16-9-7-8-12-19(16)25/h4-14H,15H2,1-3H3. The molecule has 0 bridgehead atoms. The Morgan fingerprint density at radius 2 is 1.50 bits per heavy atom. The number of methoxy groups -OCH3 is 3. The summed E-state index contributed by atoms with van der Waals surface area (Å²) in [4.78, 5) is 0. The second kappa shape index (κ2) is 9.97. The van der Waals surface area contributed by atoms with Gasteiger partial charge in [0.15, 0.2) is 22.5 Å². The number of hydrogen-bond acceptors (Lipinski definition) is 6. The lowest BCUT2D eigenvalue weighted by atomic mass is 10.1. The molecule has 0 amide bonds. The van der Waals surface area contributed by atoms with E-state index in [-0.39, 0.29) is 0 Å². The monoisotopic (exact) mass is 467 g/mol. The van der Waals surface area contributed by atoms with Crippen molar-refractivity contribution in [2.24, 2.45) is 0 Å². The molecule has 4 aromatic rings. The number of thioether (sulfide) groups is 1. The van der Waals surface area contributed by atoms with Gasteiger partial charge in [-0.25, -0.2) is 0 Å². The molecule has 0 saturated carbocycles. The molecule has 0 atom stereocenters. The van der Waals surface area contributed by atoms with Gasteiger partial charge in [-0.05, 0) is 35.9 Å². The molecule has 0 aliphatic carbocycles. The Morgan fingerprint density at radius 1 is 0.844 bits per heavy atom. The molecule has 32 heavy (non-hydrogen) atoms. The van der Waals surface area contributed by atoms with Crippen molar-refractivity contribution >= 4 is 23.4 Å². The average Bonchev–Trinajstić information content (AvgIpc) is 3.27. The van der Waals surface area contributed by atoms with Crippen molar-refractivity contribution in [1.29, 1.82) is 0 Å². The maximum absolute atomic E-state index is 6.35. The van der Waals surface area contributed by atoms with Crippen LogP contribution in [0.5, 0.6) is 17.2 Å². The predicted octanol–water partition coefficient (Wildman–Crippen LogP) is 5.91. The molecule has 0 fully saturated rings. The molecule has 1 heterocycles. The summed E-state index contributed by atoms with van der Waals surface area (Å²) in [7, 11) is 4.76. The first kappa shape index (κ1) is 22.0. The largest absolute Gasteiger partial charge is 0.493 e. The molecular formula is C24H22ClN3O3S. The highest BCUT2D eigenvalue weighted by atomic mass is 35.5. The Morgan fingerprint density at radius 3 is 2.12 bits per heavy atom. The van der Waals surface area contributed by atoms with Crippen LogP contribution in [0.1, 0.15) is 5.56 Å². The minimum atomic E-state index is 0.526. The highest BCUT2D eigenvalue weighted by molar-refractivity contribution is 7.98. The third kappa shape index (κ3) is 4.40. The van der Waals surface area contributed by atoms with E-state index < -0.39 is 0 Å². The Labute approximate surface area is 196 Å². The van der Waals surface area contributed by atoms with Crippen molar-refractivity contribution in [3.05, 3.63) is 77.3 Å². The van der Waals surface area contributed by atoms with Crippen LogP contribution in [-0.4, -0.2) is 36.1 Å². The van der Waals surface area contributed by atoms with Crippen LogP contribution in [0.25, 0.3) is 17.1 Å². The third-order valence-corrected chi connectivity index (χ3v) is 6.23. The van der Waals surface area contributed by atoms with E-state index in [9.17, 15) is 0 Å². The second-order valence-corrected chi connectivity index (χ2v) is 8.12. The number of rotatable bonds is 8. The molecule has 8 heteroatoms. The first-order chi connectivity index (χ1) is 15.7. The summed E-state index contributed by atoms with van der Waals surface area (Å²) in [6.45, 7) is 0. The lowest BCUT2D eigenvalue weighted by molar-refractivity contribution is 0.324. The second-order valence-electron chi connectivity index (χ2n) is 6.77. The van der Waals surface area contributed by atoms with Crippen molar-refractivity contribution in [3.63, 3.8) is 0 Å². The molecule has 0 N–H and O–H groups in total. The molecule has 0 unspecified atom stereocenters. The summed E-state index contributed by atoms with van der Waals surface area (Å²) in [6.07, 6.45) is 0. The molecule has 1 aromatic heterocycles. The zero-order chi connectivity index (χ0) is 22.5. The molecule has 0 aliphatic heterocycles. The molecule has 3 aromatic carbocycles. The predicted molar refractivity (Wildman–Crippen MR) is 127 cm³/mol. The topological polar surface area (TPSA) is 58.4 Å². The summed E-state index contributed by atoms with van der Waals surface area (Å²) >= 11 is 7.92. The van der Waals surface area contributed by atoms with Gasteiger partial charge >= 0.3 is 0 Å². The van der Waals surface area contributed by atoms with Crippen LogP contribution < -0.4 is 14.2 Å². The van der Waals surface area contributed by atoms with Crippen molar-refractivity contribution in [1.82, 2.24) is 14.8 Å². The number of hydrogen-bond donors (Lipinski definition) is 0. The number of ether oxygens (including phenoxy) is 3.